The molecule has 1 heterocycles. The molecule has 106 valence electrons. The lowest BCUT2D eigenvalue weighted by atomic mass is 10.1. The van der Waals surface area contributed by atoms with Crippen molar-refractivity contribution in [1.29, 1.82) is 0 Å². The highest BCUT2D eigenvalue weighted by Crippen LogP contribution is 2.19. The Morgan fingerprint density at radius 1 is 1.53 bits per heavy atom. The Bertz CT molecular complexity index is 450. The maximum atomic E-state index is 12.2. The minimum atomic E-state index is -0.462. The van der Waals surface area contributed by atoms with Gasteiger partial charge in [0.25, 0.3) is 5.91 Å². The van der Waals surface area contributed by atoms with Crippen molar-refractivity contribution in [2.45, 2.75) is 26.3 Å². The SMILES string of the molecule is CCNc1cc(C(=O)NC(C)(C)COC)c(Cl)cn1. The quantitative estimate of drug-likeness (QED) is 0.842. The third kappa shape index (κ3) is 4.69. The maximum Gasteiger partial charge on any atom is 0.253 e. The van der Waals surface area contributed by atoms with Crippen molar-refractivity contribution >= 4 is 23.3 Å². The van der Waals surface area contributed by atoms with Gasteiger partial charge in [0.05, 0.1) is 22.7 Å². The molecule has 0 saturated heterocycles. The van der Waals surface area contributed by atoms with Gasteiger partial charge >= 0.3 is 0 Å². The van der Waals surface area contributed by atoms with Crippen molar-refractivity contribution in [3.63, 3.8) is 0 Å². The van der Waals surface area contributed by atoms with Crippen LogP contribution < -0.4 is 10.6 Å². The fraction of sp³-hybridized carbons (Fsp3) is 0.538. The molecular weight excluding hydrogens is 266 g/mol. The van der Waals surface area contributed by atoms with Gasteiger partial charge in [-0.1, -0.05) is 11.6 Å². The van der Waals surface area contributed by atoms with Crippen LogP contribution in [0.15, 0.2) is 12.3 Å². The summed E-state index contributed by atoms with van der Waals surface area (Å²) in [6.45, 7) is 6.87. The molecule has 0 spiro atoms. The first-order valence-electron chi connectivity index (χ1n) is 6.10. The number of rotatable bonds is 6. The van der Waals surface area contributed by atoms with E-state index in [0.717, 1.165) is 6.54 Å². The zero-order valence-corrected chi connectivity index (χ0v) is 12.5. The Labute approximate surface area is 118 Å². The van der Waals surface area contributed by atoms with Gasteiger partial charge in [0.15, 0.2) is 0 Å². The Hall–Kier alpha value is -1.33. The second-order valence-electron chi connectivity index (χ2n) is 4.85. The predicted molar refractivity (Wildman–Crippen MR) is 76.8 cm³/mol. The van der Waals surface area contributed by atoms with Crippen LogP contribution in [0.5, 0.6) is 0 Å². The second-order valence-corrected chi connectivity index (χ2v) is 5.26. The van der Waals surface area contributed by atoms with Crippen molar-refractivity contribution in [3.05, 3.63) is 22.8 Å². The van der Waals surface area contributed by atoms with E-state index >= 15 is 0 Å². The van der Waals surface area contributed by atoms with E-state index in [9.17, 15) is 4.79 Å². The van der Waals surface area contributed by atoms with Crippen molar-refractivity contribution in [1.82, 2.24) is 10.3 Å². The molecule has 0 aliphatic carbocycles. The van der Waals surface area contributed by atoms with Gasteiger partial charge in [0.1, 0.15) is 5.82 Å². The van der Waals surface area contributed by atoms with Crippen molar-refractivity contribution in [3.8, 4) is 0 Å². The van der Waals surface area contributed by atoms with E-state index < -0.39 is 5.54 Å². The summed E-state index contributed by atoms with van der Waals surface area (Å²) in [5.41, 5.74) is -0.0617. The van der Waals surface area contributed by atoms with Gasteiger partial charge in [-0.15, -0.1) is 0 Å². The normalized spacial score (nSPS) is 11.2. The molecule has 1 aromatic rings. The van der Waals surface area contributed by atoms with Crippen molar-refractivity contribution in [2.75, 3.05) is 25.6 Å². The molecule has 0 fully saturated rings. The molecule has 0 radical (unpaired) electrons. The molecule has 0 aromatic carbocycles. The largest absolute Gasteiger partial charge is 0.382 e. The molecule has 1 aromatic heterocycles. The average molecular weight is 286 g/mol. The standard InChI is InChI=1S/C13H20ClN3O2/c1-5-15-11-6-9(10(14)7-16-11)12(18)17-13(2,3)8-19-4/h6-7H,5,8H2,1-4H3,(H,15,16)(H,17,18). The van der Waals surface area contributed by atoms with E-state index in [4.69, 9.17) is 16.3 Å². The van der Waals surface area contributed by atoms with Gasteiger partial charge in [-0.3, -0.25) is 4.79 Å². The summed E-state index contributed by atoms with van der Waals surface area (Å²) in [7, 11) is 1.59. The van der Waals surface area contributed by atoms with Crippen LogP contribution in [0.1, 0.15) is 31.1 Å². The molecule has 0 unspecified atom stereocenters. The molecule has 19 heavy (non-hydrogen) atoms. The van der Waals surface area contributed by atoms with E-state index in [-0.39, 0.29) is 5.91 Å². The van der Waals surface area contributed by atoms with Crippen LogP contribution in [0.2, 0.25) is 5.02 Å². The minimum Gasteiger partial charge on any atom is -0.382 e. The zero-order valence-electron chi connectivity index (χ0n) is 11.7. The Balaban J connectivity index is 2.89. The number of methoxy groups -OCH3 is 1. The molecule has 1 amide bonds. The van der Waals surface area contributed by atoms with Crippen LogP contribution in [0.4, 0.5) is 5.82 Å². The lowest BCUT2D eigenvalue weighted by molar-refractivity contribution is 0.0820. The van der Waals surface area contributed by atoms with E-state index in [2.05, 4.69) is 15.6 Å². The van der Waals surface area contributed by atoms with Crippen LogP contribution in [0.25, 0.3) is 0 Å². The molecule has 0 saturated carbocycles. The van der Waals surface area contributed by atoms with Crippen LogP contribution in [-0.2, 0) is 4.74 Å². The number of pyridine rings is 1. The van der Waals surface area contributed by atoms with E-state index in [1.807, 2.05) is 20.8 Å². The highest BCUT2D eigenvalue weighted by Gasteiger charge is 2.22. The summed E-state index contributed by atoms with van der Waals surface area (Å²) in [5, 5.41) is 6.25. The molecular formula is C13H20ClN3O2. The molecule has 0 atom stereocenters. The molecule has 0 bridgehead atoms. The van der Waals surface area contributed by atoms with E-state index in [0.29, 0.717) is 23.0 Å². The van der Waals surface area contributed by atoms with Gasteiger partial charge in [0.2, 0.25) is 0 Å². The number of halogens is 1. The summed E-state index contributed by atoms with van der Waals surface area (Å²) in [6.07, 6.45) is 1.47. The number of hydrogen-bond acceptors (Lipinski definition) is 4. The molecule has 1 rings (SSSR count). The fourth-order valence-electron chi connectivity index (χ4n) is 1.66. The number of nitrogens with zero attached hydrogens (tertiary/aromatic N) is 1. The number of amides is 1. The molecule has 2 N–H and O–H groups in total. The van der Waals surface area contributed by atoms with Crippen LogP contribution in [0.3, 0.4) is 0 Å². The second kappa shape index (κ2) is 6.73. The van der Waals surface area contributed by atoms with Gasteiger partial charge < -0.3 is 15.4 Å². The lowest BCUT2D eigenvalue weighted by Gasteiger charge is -2.25. The minimum absolute atomic E-state index is 0.242. The van der Waals surface area contributed by atoms with Gasteiger partial charge in [-0.2, -0.15) is 0 Å². The first kappa shape index (κ1) is 15.7. The first-order chi connectivity index (χ1) is 8.89. The number of carbonyl (C=O) groups excluding carboxylic acids is 1. The molecule has 0 aliphatic rings. The number of anilines is 1. The van der Waals surface area contributed by atoms with Crippen LogP contribution in [-0.4, -0.2) is 36.7 Å². The van der Waals surface area contributed by atoms with Crippen LogP contribution in [0, 0.1) is 0 Å². The molecule has 0 aliphatic heterocycles. The number of nitrogens with one attached hydrogen (secondary N) is 2. The molecule has 6 heteroatoms. The maximum absolute atomic E-state index is 12.2. The fourth-order valence-corrected chi connectivity index (χ4v) is 1.85. The summed E-state index contributed by atoms with van der Waals surface area (Å²) >= 11 is 6.01. The number of carbonyl (C=O) groups is 1. The van der Waals surface area contributed by atoms with Crippen molar-refractivity contribution in [2.24, 2.45) is 0 Å². The summed E-state index contributed by atoms with van der Waals surface area (Å²) in [4.78, 5) is 16.3. The average Bonchev–Trinajstić information content (AvgIpc) is 2.31. The van der Waals surface area contributed by atoms with E-state index in [1.54, 1.807) is 13.2 Å². The van der Waals surface area contributed by atoms with Gasteiger partial charge in [0, 0.05) is 19.9 Å². The number of hydrogen-bond donors (Lipinski definition) is 2. The topological polar surface area (TPSA) is 63.2 Å². The first-order valence-corrected chi connectivity index (χ1v) is 6.48. The zero-order chi connectivity index (χ0) is 14.5. The number of aromatic nitrogens is 1. The smallest absolute Gasteiger partial charge is 0.253 e. The predicted octanol–water partition coefficient (Wildman–Crippen LogP) is 2.32. The Kier molecular flexibility index (Phi) is 5.57. The third-order valence-electron chi connectivity index (χ3n) is 2.41. The Morgan fingerprint density at radius 2 is 2.21 bits per heavy atom. The Morgan fingerprint density at radius 3 is 2.79 bits per heavy atom. The summed E-state index contributed by atoms with van der Waals surface area (Å²) in [6, 6.07) is 1.64. The molecule has 5 nitrogen and oxygen atoms in total. The van der Waals surface area contributed by atoms with Crippen LogP contribution >= 0.6 is 11.6 Å². The highest BCUT2D eigenvalue weighted by molar-refractivity contribution is 6.33. The monoisotopic (exact) mass is 285 g/mol. The van der Waals surface area contributed by atoms with Crippen molar-refractivity contribution < 1.29 is 9.53 Å². The van der Waals surface area contributed by atoms with E-state index in [1.165, 1.54) is 6.20 Å². The summed E-state index contributed by atoms with van der Waals surface area (Å²) < 4.78 is 5.06. The highest BCUT2D eigenvalue weighted by atomic mass is 35.5. The van der Waals surface area contributed by atoms with Gasteiger partial charge in [-0.05, 0) is 26.8 Å². The lowest BCUT2D eigenvalue weighted by Crippen LogP contribution is -2.46. The van der Waals surface area contributed by atoms with Gasteiger partial charge in [-0.25, -0.2) is 4.98 Å². The third-order valence-corrected chi connectivity index (χ3v) is 2.72. The summed E-state index contributed by atoms with van der Waals surface area (Å²) in [5.74, 6) is 0.384. The number of ether oxygens (including phenoxy) is 1.